The van der Waals surface area contributed by atoms with E-state index in [0.29, 0.717) is 19.6 Å². The lowest BCUT2D eigenvalue weighted by atomic mass is 10.3. The highest BCUT2D eigenvalue weighted by molar-refractivity contribution is 5.37. The summed E-state index contributed by atoms with van der Waals surface area (Å²) in [6.45, 7) is 1.20. The maximum atomic E-state index is 5.20. The van der Waals surface area contributed by atoms with Crippen molar-refractivity contribution in [3.05, 3.63) is 54.6 Å². The van der Waals surface area contributed by atoms with Gasteiger partial charge >= 0.3 is 0 Å². The molecule has 0 spiro atoms. The number of aromatic nitrogens is 5. The van der Waals surface area contributed by atoms with Crippen LogP contribution >= 0.6 is 0 Å². The zero-order valence-electron chi connectivity index (χ0n) is 13.2. The van der Waals surface area contributed by atoms with Crippen LogP contribution in [-0.4, -0.2) is 45.1 Å². The first-order valence-electron chi connectivity index (χ1n) is 7.34. The molecule has 3 aromatic rings. The summed E-state index contributed by atoms with van der Waals surface area (Å²) >= 11 is 0. The Kier molecular flexibility index (Phi) is 4.68. The molecule has 0 aliphatic carbocycles. The monoisotopic (exact) mass is 313 g/mol. The third-order valence-electron chi connectivity index (χ3n) is 3.45. The molecule has 0 bridgehead atoms. The van der Waals surface area contributed by atoms with Gasteiger partial charge in [-0.2, -0.15) is 5.10 Å². The van der Waals surface area contributed by atoms with Crippen LogP contribution in [0, 0.1) is 0 Å². The second-order valence-electron chi connectivity index (χ2n) is 5.03. The summed E-state index contributed by atoms with van der Waals surface area (Å²) in [7, 11) is 3.32. The van der Waals surface area contributed by atoms with E-state index < -0.39 is 0 Å². The number of benzene rings is 1. The second kappa shape index (κ2) is 7.06. The third-order valence-corrected chi connectivity index (χ3v) is 3.45. The predicted octanol–water partition coefficient (Wildman–Crippen LogP) is 1.71. The van der Waals surface area contributed by atoms with Gasteiger partial charge in [0, 0.05) is 25.9 Å². The van der Waals surface area contributed by atoms with Gasteiger partial charge in [0.1, 0.15) is 5.75 Å². The van der Waals surface area contributed by atoms with Crippen LogP contribution in [0.4, 0.5) is 0 Å². The van der Waals surface area contributed by atoms with Gasteiger partial charge in [-0.1, -0.05) is 0 Å². The van der Waals surface area contributed by atoms with E-state index in [1.165, 1.54) is 0 Å². The Balaban J connectivity index is 1.92. The molecule has 0 amide bonds. The minimum atomic E-state index is 0.594. The highest BCUT2D eigenvalue weighted by atomic mass is 16.5. The van der Waals surface area contributed by atoms with Gasteiger partial charge in [0.25, 0.3) is 0 Å². The molecule has 0 aliphatic heterocycles. The number of ether oxygens (including phenoxy) is 2. The fourth-order valence-corrected chi connectivity index (χ4v) is 2.27. The zero-order chi connectivity index (χ0) is 16.1. The number of imidazole rings is 1. The molecule has 0 saturated heterocycles. The molecule has 3 rings (SSSR count). The maximum absolute atomic E-state index is 5.20. The molecule has 2 aromatic heterocycles. The van der Waals surface area contributed by atoms with Crippen LogP contribution in [0.2, 0.25) is 0 Å². The summed E-state index contributed by atoms with van der Waals surface area (Å²) < 4.78 is 14.1. The molecule has 0 saturated carbocycles. The molecule has 23 heavy (non-hydrogen) atoms. The summed E-state index contributed by atoms with van der Waals surface area (Å²) in [5.41, 5.74) is 0.942. The summed E-state index contributed by atoms with van der Waals surface area (Å²) in [6, 6.07) is 7.75. The lowest BCUT2D eigenvalue weighted by molar-refractivity contribution is 0.200. The summed E-state index contributed by atoms with van der Waals surface area (Å²) in [5.74, 6) is 2.42. The van der Waals surface area contributed by atoms with Gasteiger partial charge in [-0.25, -0.2) is 14.6 Å². The van der Waals surface area contributed by atoms with Crippen molar-refractivity contribution < 1.29 is 9.47 Å². The molecule has 0 unspecified atom stereocenters. The Morgan fingerprint density at radius 2 is 1.96 bits per heavy atom. The van der Waals surface area contributed by atoms with Crippen LogP contribution in [0.15, 0.2) is 43.0 Å². The van der Waals surface area contributed by atoms with Crippen molar-refractivity contribution in [3.8, 4) is 11.4 Å². The van der Waals surface area contributed by atoms with E-state index in [1.54, 1.807) is 26.7 Å². The summed E-state index contributed by atoms with van der Waals surface area (Å²) in [5, 5.41) is 4.60. The van der Waals surface area contributed by atoms with Crippen molar-refractivity contribution in [1.29, 1.82) is 0 Å². The SMILES string of the molecule is COCCc1nc(Cn2ccnc2)n(-c2ccc(OC)cc2)n1. The minimum absolute atomic E-state index is 0.594. The van der Waals surface area contributed by atoms with E-state index in [9.17, 15) is 0 Å². The molecule has 7 nitrogen and oxygen atoms in total. The molecule has 1 aromatic carbocycles. The van der Waals surface area contributed by atoms with Crippen LogP contribution < -0.4 is 4.74 Å². The topological polar surface area (TPSA) is 67.0 Å². The van der Waals surface area contributed by atoms with Gasteiger partial charge in [-0.3, -0.25) is 0 Å². The van der Waals surface area contributed by atoms with Crippen LogP contribution in [0.3, 0.4) is 0 Å². The number of rotatable bonds is 7. The smallest absolute Gasteiger partial charge is 0.153 e. The first kappa shape index (κ1) is 15.2. The van der Waals surface area contributed by atoms with Gasteiger partial charge in [0.15, 0.2) is 11.6 Å². The van der Waals surface area contributed by atoms with Gasteiger partial charge in [0.05, 0.1) is 32.3 Å². The fourth-order valence-electron chi connectivity index (χ4n) is 2.27. The number of nitrogens with zero attached hydrogens (tertiary/aromatic N) is 5. The summed E-state index contributed by atoms with van der Waals surface area (Å²) in [6.07, 6.45) is 6.10. The first-order chi connectivity index (χ1) is 11.3. The Morgan fingerprint density at radius 3 is 2.61 bits per heavy atom. The molecule has 120 valence electrons. The third kappa shape index (κ3) is 3.57. The van der Waals surface area contributed by atoms with E-state index in [1.807, 2.05) is 39.7 Å². The first-order valence-corrected chi connectivity index (χ1v) is 7.34. The average Bonchev–Trinajstić information content (AvgIpc) is 3.23. The van der Waals surface area contributed by atoms with E-state index in [2.05, 4.69) is 15.1 Å². The van der Waals surface area contributed by atoms with Crippen molar-refractivity contribution >= 4 is 0 Å². The molecule has 0 aliphatic rings. The average molecular weight is 313 g/mol. The van der Waals surface area contributed by atoms with Crippen molar-refractivity contribution in [1.82, 2.24) is 24.3 Å². The van der Waals surface area contributed by atoms with Crippen LogP contribution in [-0.2, 0) is 17.7 Å². The number of hydrogen-bond donors (Lipinski definition) is 0. The predicted molar refractivity (Wildman–Crippen MR) is 84.8 cm³/mol. The van der Waals surface area contributed by atoms with Crippen molar-refractivity contribution in [2.45, 2.75) is 13.0 Å². The lowest BCUT2D eigenvalue weighted by Gasteiger charge is -2.07. The van der Waals surface area contributed by atoms with Crippen molar-refractivity contribution in [2.75, 3.05) is 20.8 Å². The van der Waals surface area contributed by atoms with E-state index in [-0.39, 0.29) is 0 Å². The molecule has 0 N–H and O–H groups in total. The van der Waals surface area contributed by atoms with E-state index in [0.717, 1.165) is 23.1 Å². The Morgan fingerprint density at radius 1 is 1.13 bits per heavy atom. The highest BCUT2D eigenvalue weighted by Gasteiger charge is 2.12. The van der Waals surface area contributed by atoms with Gasteiger partial charge in [-0.05, 0) is 24.3 Å². The molecular weight excluding hydrogens is 294 g/mol. The number of methoxy groups -OCH3 is 2. The maximum Gasteiger partial charge on any atom is 0.153 e. The molecule has 2 heterocycles. The molecule has 0 radical (unpaired) electrons. The largest absolute Gasteiger partial charge is 0.497 e. The van der Waals surface area contributed by atoms with Gasteiger partial charge in [0.2, 0.25) is 0 Å². The highest BCUT2D eigenvalue weighted by Crippen LogP contribution is 2.16. The quantitative estimate of drug-likeness (QED) is 0.664. The van der Waals surface area contributed by atoms with Crippen molar-refractivity contribution in [3.63, 3.8) is 0 Å². The van der Waals surface area contributed by atoms with Crippen LogP contribution in [0.5, 0.6) is 5.75 Å². The Bertz CT molecular complexity index is 734. The van der Waals surface area contributed by atoms with Gasteiger partial charge < -0.3 is 14.0 Å². The Labute approximate surface area is 134 Å². The standard InChI is InChI=1S/C16H19N5O2/c1-22-10-7-15-18-16(11-20-9-8-17-12-20)21(19-15)13-3-5-14(23-2)6-4-13/h3-6,8-9,12H,7,10-11H2,1-2H3. The lowest BCUT2D eigenvalue weighted by Crippen LogP contribution is -2.07. The molecule has 0 atom stereocenters. The summed E-state index contributed by atoms with van der Waals surface area (Å²) in [4.78, 5) is 8.70. The molecule has 0 fully saturated rings. The number of hydrogen-bond acceptors (Lipinski definition) is 5. The fraction of sp³-hybridized carbons (Fsp3) is 0.312. The molecular formula is C16H19N5O2. The normalized spacial score (nSPS) is 10.9. The zero-order valence-corrected chi connectivity index (χ0v) is 13.2. The molecule has 7 heteroatoms. The van der Waals surface area contributed by atoms with Gasteiger partial charge in [-0.15, -0.1) is 0 Å². The van der Waals surface area contributed by atoms with E-state index >= 15 is 0 Å². The van der Waals surface area contributed by atoms with Crippen LogP contribution in [0.25, 0.3) is 5.69 Å². The van der Waals surface area contributed by atoms with Crippen LogP contribution in [0.1, 0.15) is 11.6 Å². The second-order valence-corrected chi connectivity index (χ2v) is 5.03. The minimum Gasteiger partial charge on any atom is -0.497 e. The van der Waals surface area contributed by atoms with Crippen molar-refractivity contribution in [2.24, 2.45) is 0 Å². The Hall–Kier alpha value is -2.67. The van der Waals surface area contributed by atoms with E-state index in [4.69, 9.17) is 9.47 Å².